The van der Waals surface area contributed by atoms with E-state index in [0.29, 0.717) is 18.0 Å². The van der Waals surface area contributed by atoms with Gasteiger partial charge in [0.1, 0.15) is 0 Å². The van der Waals surface area contributed by atoms with Gasteiger partial charge in [-0.05, 0) is 37.0 Å². The molecule has 1 fully saturated rings. The maximum atomic E-state index is 13.5. The average Bonchev–Trinajstić information content (AvgIpc) is 2.46. The van der Waals surface area contributed by atoms with E-state index in [1.165, 1.54) is 19.2 Å². The number of ether oxygens (including phenoxy) is 1. The monoisotopic (exact) mass is 299 g/mol. The average molecular weight is 300 g/mol. The van der Waals surface area contributed by atoms with Gasteiger partial charge in [0.2, 0.25) is 0 Å². The Hall–Kier alpha value is -1.29. The molecule has 2 unspecified atom stereocenters. The first-order valence-electron chi connectivity index (χ1n) is 6.87. The Kier molecular flexibility index (Phi) is 5.24. The van der Waals surface area contributed by atoms with Crippen molar-refractivity contribution in [1.82, 2.24) is 5.32 Å². The van der Waals surface area contributed by atoms with Gasteiger partial charge in [-0.15, -0.1) is 11.6 Å². The van der Waals surface area contributed by atoms with Gasteiger partial charge in [0, 0.05) is 17.5 Å². The van der Waals surface area contributed by atoms with E-state index in [-0.39, 0.29) is 17.0 Å². The van der Waals surface area contributed by atoms with Crippen molar-refractivity contribution < 1.29 is 13.9 Å². The number of alkyl halides is 1. The van der Waals surface area contributed by atoms with Crippen molar-refractivity contribution in [2.24, 2.45) is 5.92 Å². The first-order chi connectivity index (χ1) is 9.61. The third-order valence-electron chi connectivity index (χ3n) is 3.76. The molecule has 1 aliphatic carbocycles. The number of benzene rings is 1. The van der Waals surface area contributed by atoms with Crippen LogP contribution in [0.2, 0.25) is 0 Å². The van der Waals surface area contributed by atoms with Crippen LogP contribution in [0.15, 0.2) is 18.2 Å². The Morgan fingerprint density at radius 3 is 2.85 bits per heavy atom. The minimum Gasteiger partial charge on any atom is -0.494 e. The number of hydrogen-bond acceptors (Lipinski definition) is 2. The van der Waals surface area contributed by atoms with E-state index in [1.54, 1.807) is 6.07 Å². The van der Waals surface area contributed by atoms with Gasteiger partial charge in [-0.3, -0.25) is 4.79 Å². The number of carbonyl (C=O) groups excluding carboxylic acids is 1. The van der Waals surface area contributed by atoms with E-state index in [0.717, 1.165) is 25.7 Å². The highest BCUT2D eigenvalue weighted by Crippen LogP contribution is 2.28. The zero-order valence-electron chi connectivity index (χ0n) is 11.5. The van der Waals surface area contributed by atoms with Crippen LogP contribution >= 0.6 is 11.6 Å². The van der Waals surface area contributed by atoms with E-state index >= 15 is 0 Å². The minimum atomic E-state index is -0.534. The van der Waals surface area contributed by atoms with Crippen LogP contribution in [0.25, 0.3) is 0 Å². The van der Waals surface area contributed by atoms with Crippen LogP contribution in [0.3, 0.4) is 0 Å². The standard InChI is InChI=1S/C15H19ClFNO2/c1-20-14-7-6-10(8-13(14)17)15(19)18-9-11-4-2-3-5-12(11)16/h6-8,11-12H,2-5,9H2,1H3,(H,18,19). The van der Waals surface area contributed by atoms with Crippen molar-refractivity contribution in [3.05, 3.63) is 29.6 Å². The summed E-state index contributed by atoms with van der Waals surface area (Å²) in [6.45, 7) is 0.542. The molecule has 0 radical (unpaired) electrons. The van der Waals surface area contributed by atoms with Crippen molar-refractivity contribution >= 4 is 17.5 Å². The number of carbonyl (C=O) groups is 1. The molecule has 2 atom stereocenters. The molecule has 1 aliphatic rings. The van der Waals surface area contributed by atoms with Crippen LogP contribution in [-0.2, 0) is 0 Å². The summed E-state index contributed by atoms with van der Waals surface area (Å²) in [5.41, 5.74) is 0.297. The number of nitrogens with one attached hydrogen (secondary N) is 1. The Morgan fingerprint density at radius 1 is 1.45 bits per heavy atom. The lowest BCUT2D eigenvalue weighted by atomic mass is 9.88. The second kappa shape index (κ2) is 6.93. The third kappa shape index (κ3) is 3.63. The Bertz CT molecular complexity index is 481. The van der Waals surface area contributed by atoms with Crippen LogP contribution in [0.1, 0.15) is 36.0 Å². The first-order valence-corrected chi connectivity index (χ1v) is 7.31. The maximum Gasteiger partial charge on any atom is 0.251 e. The van der Waals surface area contributed by atoms with Gasteiger partial charge >= 0.3 is 0 Å². The number of methoxy groups -OCH3 is 1. The van der Waals surface area contributed by atoms with E-state index < -0.39 is 5.82 Å². The first kappa shape index (κ1) is 15.1. The molecule has 3 nitrogen and oxygen atoms in total. The molecular weight excluding hydrogens is 281 g/mol. The highest BCUT2D eigenvalue weighted by Gasteiger charge is 2.23. The summed E-state index contributed by atoms with van der Waals surface area (Å²) >= 11 is 6.25. The number of amides is 1. The second-order valence-corrected chi connectivity index (χ2v) is 5.68. The second-order valence-electron chi connectivity index (χ2n) is 5.12. The molecule has 0 aliphatic heterocycles. The van der Waals surface area contributed by atoms with Crippen LogP contribution < -0.4 is 10.1 Å². The number of halogens is 2. The summed E-state index contributed by atoms with van der Waals surface area (Å²) in [5, 5.41) is 2.95. The van der Waals surface area contributed by atoms with Gasteiger partial charge in [-0.25, -0.2) is 4.39 Å². The van der Waals surface area contributed by atoms with Crippen molar-refractivity contribution in [3.63, 3.8) is 0 Å². The normalized spacial score (nSPS) is 22.4. The van der Waals surface area contributed by atoms with Crippen LogP contribution in [0, 0.1) is 11.7 Å². The topological polar surface area (TPSA) is 38.3 Å². The fourth-order valence-electron chi connectivity index (χ4n) is 2.53. The van der Waals surface area contributed by atoms with Gasteiger partial charge in [0.15, 0.2) is 11.6 Å². The Labute approximate surface area is 123 Å². The molecule has 1 aromatic carbocycles. The number of rotatable bonds is 4. The fraction of sp³-hybridized carbons (Fsp3) is 0.533. The van der Waals surface area contributed by atoms with Gasteiger partial charge in [0.05, 0.1) is 7.11 Å². The molecule has 110 valence electrons. The van der Waals surface area contributed by atoms with Gasteiger partial charge in [0.25, 0.3) is 5.91 Å². The predicted molar refractivity (Wildman–Crippen MR) is 76.9 cm³/mol. The van der Waals surface area contributed by atoms with Crippen LogP contribution in [0.5, 0.6) is 5.75 Å². The van der Waals surface area contributed by atoms with E-state index in [1.807, 2.05) is 0 Å². The van der Waals surface area contributed by atoms with E-state index in [4.69, 9.17) is 16.3 Å². The molecule has 5 heteroatoms. The molecule has 0 heterocycles. The molecular formula is C15H19ClFNO2. The van der Waals surface area contributed by atoms with Gasteiger partial charge in [-0.1, -0.05) is 12.8 Å². The quantitative estimate of drug-likeness (QED) is 0.866. The summed E-state index contributed by atoms with van der Waals surface area (Å²) in [7, 11) is 1.39. The van der Waals surface area contributed by atoms with E-state index in [9.17, 15) is 9.18 Å². The molecule has 20 heavy (non-hydrogen) atoms. The molecule has 1 N–H and O–H groups in total. The SMILES string of the molecule is COc1ccc(C(=O)NCC2CCCCC2Cl)cc1F. The zero-order valence-corrected chi connectivity index (χ0v) is 12.3. The molecule has 2 rings (SSSR count). The summed E-state index contributed by atoms with van der Waals surface area (Å²) in [6.07, 6.45) is 4.34. The molecule has 0 spiro atoms. The highest BCUT2D eigenvalue weighted by atomic mass is 35.5. The summed E-state index contributed by atoms with van der Waals surface area (Å²) in [4.78, 5) is 12.0. The smallest absolute Gasteiger partial charge is 0.251 e. The lowest BCUT2D eigenvalue weighted by Crippen LogP contribution is -2.34. The minimum absolute atomic E-state index is 0.122. The van der Waals surface area contributed by atoms with Gasteiger partial charge in [-0.2, -0.15) is 0 Å². The highest BCUT2D eigenvalue weighted by molar-refractivity contribution is 6.20. The predicted octanol–water partition coefficient (Wildman–Crippen LogP) is 3.36. The molecule has 0 bridgehead atoms. The number of hydrogen-bond donors (Lipinski definition) is 1. The van der Waals surface area contributed by atoms with Crippen LogP contribution in [0.4, 0.5) is 4.39 Å². The molecule has 0 aromatic heterocycles. The molecule has 0 saturated heterocycles. The fourth-order valence-corrected chi connectivity index (χ4v) is 2.90. The van der Waals surface area contributed by atoms with Crippen molar-refractivity contribution in [3.8, 4) is 5.75 Å². The maximum absolute atomic E-state index is 13.5. The Balaban J connectivity index is 1.93. The summed E-state index contributed by atoms with van der Waals surface area (Å²) in [5.74, 6) is -0.374. The summed E-state index contributed by atoms with van der Waals surface area (Å²) in [6, 6.07) is 4.19. The zero-order chi connectivity index (χ0) is 14.5. The lowest BCUT2D eigenvalue weighted by Gasteiger charge is -2.27. The lowest BCUT2D eigenvalue weighted by molar-refractivity contribution is 0.0943. The van der Waals surface area contributed by atoms with Crippen molar-refractivity contribution in [2.45, 2.75) is 31.1 Å². The molecule has 1 amide bonds. The third-order valence-corrected chi connectivity index (χ3v) is 4.33. The van der Waals surface area contributed by atoms with Crippen molar-refractivity contribution in [2.75, 3.05) is 13.7 Å². The molecule has 1 aromatic rings. The van der Waals surface area contributed by atoms with Crippen molar-refractivity contribution in [1.29, 1.82) is 0 Å². The molecule has 1 saturated carbocycles. The summed E-state index contributed by atoms with van der Waals surface area (Å²) < 4.78 is 18.4. The Morgan fingerprint density at radius 2 is 2.20 bits per heavy atom. The van der Waals surface area contributed by atoms with Crippen LogP contribution in [-0.4, -0.2) is 24.9 Å². The van der Waals surface area contributed by atoms with Gasteiger partial charge < -0.3 is 10.1 Å². The largest absolute Gasteiger partial charge is 0.494 e. The van der Waals surface area contributed by atoms with E-state index in [2.05, 4.69) is 5.32 Å².